The Balaban J connectivity index is 1.55. The molecule has 156 valence electrons. The average Bonchev–Trinajstić information content (AvgIpc) is 3.02. The molecule has 2 aliphatic heterocycles. The quantitative estimate of drug-likeness (QED) is 0.645. The highest BCUT2D eigenvalue weighted by atomic mass is 35.5. The predicted molar refractivity (Wildman–Crippen MR) is 122 cm³/mol. The van der Waals surface area contributed by atoms with Gasteiger partial charge in [-0.25, -0.2) is 0 Å². The van der Waals surface area contributed by atoms with Gasteiger partial charge in [-0.2, -0.15) is 0 Å². The Hall–Kier alpha value is -2.12. The van der Waals surface area contributed by atoms with Crippen LogP contribution < -0.4 is 0 Å². The van der Waals surface area contributed by atoms with Crippen LogP contribution in [0, 0.1) is 0 Å². The van der Waals surface area contributed by atoms with Crippen LogP contribution in [-0.4, -0.2) is 65.6 Å². The second kappa shape index (κ2) is 9.35. The van der Waals surface area contributed by atoms with Gasteiger partial charge in [0.2, 0.25) is 0 Å². The van der Waals surface area contributed by atoms with Gasteiger partial charge in [0.05, 0.1) is 10.9 Å². The molecule has 5 nitrogen and oxygen atoms in total. The number of nitrogens with zero attached hydrogens (tertiary/aromatic N) is 3. The second-order valence-electron chi connectivity index (χ2n) is 7.61. The third-order valence-corrected chi connectivity index (χ3v) is 6.72. The molecule has 0 saturated carbocycles. The monoisotopic (exact) mass is 441 g/mol. The number of thioether (sulfide) groups is 1. The third-order valence-electron chi connectivity index (χ3n) is 5.56. The Morgan fingerprint density at radius 1 is 1.00 bits per heavy atom. The molecular weight excluding hydrogens is 418 g/mol. The number of hydrogen-bond acceptors (Lipinski definition) is 5. The number of benzene rings is 2. The van der Waals surface area contributed by atoms with Crippen LogP contribution in [0.3, 0.4) is 0 Å². The van der Waals surface area contributed by atoms with Gasteiger partial charge in [-0.05, 0) is 48.1 Å². The predicted octanol–water partition coefficient (Wildman–Crippen LogP) is 4.37. The zero-order chi connectivity index (χ0) is 21.1. The first-order chi connectivity index (χ1) is 14.5. The van der Waals surface area contributed by atoms with Crippen molar-refractivity contribution in [2.75, 3.05) is 39.8 Å². The fourth-order valence-corrected chi connectivity index (χ4v) is 4.76. The minimum absolute atomic E-state index is 0.0109. The summed E-state index contributed by atoms with van der Waals surface area (Å²) in [6.45, 7) is 4.12. The third kappa shape index (κ3) is 4.78. The molecule has 1 unspecified atom stereocenters. The molecule has 2 aromatic rings. The van der Waals surface area contributed by atoms with Crippen molar-refractivity contribution >= 4 is 40.6 Å². The summed E-state index contributed by atoms with van der Waals surface area (Å²) < 4.78 is 0. The van der Waals surface area contributed by atoms with Crippen LogP contribution in [0.1, 0.15) is 17.2 Å². The Morgan fingerprint density at radius 3 is 2.33 bits per heavy atom. The van der Waals surface area contributed by atoms with Crippen LogP contribution in [-0.2, 0) is 4.79 Å². The standard InChI is InChI=1S/C23H24ClN3O2S/c1-25-11-13-26(14-12-25)20(18-5-3-2-4-6-18)16-27-22(28)21(30-23(27)29)15-17-7-9-19(24)10-8-17/h2-10,15,20H,11-14,16H2,1H3/b21-15-. The number of carbonyl (C=O) groups excluding carboxylic acids is 2. The van der Waals surface area contributed by atoms with Crippen LogP contribution >= 0.6 is 23.4 Å². The zero-order valence-corrected chi connectivity index (χ0v) is 18.4. The Kier molecular flexibility index (Phi) is 6.58. The number of imide groups is 1. The van der Waals surface area contributed by atoms with Crippen molar-refractivity contribution < 1.29 is 9.59 Å². The summed E-state index contributed by atoms with van der Waals surface area (Å²) in [5.74, 6) is -0.227. The fourth-order valence-electron chi connectivity index (χ4n) is 3.78. The number of rotatable bonds is 5. The summed E-state index contributed by atoms with van der Waals surface area (Å²) in [7, 11) is 2.12. The summed E-state index contributed by atoms with van der Waals surface area (Å²) in [5.41, 5.74) is 1.98. The van der Waals surface area contributed by atoms with Crippen molar-refractivity contribution in [2.24, 2.45) is 0 Å². The van der Waals surface area contributed by atoms with Gasteiger partial charge in [0.25, 0.3) is 11.1 Å². The first kappa shape index (κ1) is 21.1. The molecule has 2 aliphatic rings. The minimum atomic E-state index is -0.227. The molecule has 2 heterocycles. The molecule has 0 bridgehead atoms. The van der Waals surface area contributed by atoms with E-state index < -0.39 is 0 Å². The SMILES string of the molecule is CN1CCN(C(CN2C(=O)S/C(=C\c3ccc(Cl)cc3)C2=O)c2ccccc2)CC1. The van der Waals surface area contributed by atoms with Gasteiger partial charge in [0.15, 0.2) is 0 Å². The highest BCUT2D eigenvalue weighted by molar-refractivity contribution is 8.18. The highest BCUT2D eigenvalue weighted by Gasteiger charge is 2.38. The van der Waals surface area contributed by atoms with E-state index in [0.29, 0.717) is 16.5 Å². The van der Waals surface area contributed by atoms with Gasteiger partial charge < -0.3 is 4.90 Å². The van der Waals surface area contributed by atoms with E-state index in [2.05, 4.69) is 29.0 Å². The van der Waals surface area contributed by atoms with E-state index in [0.717, 1.165) is 49.1 Å². The topological polar surface area (TPSA) is 43.9 Å². The van der Waals surface area contributed by atoms with Crippen molar-refractivity contribution in [3.63, 3.8) is 0 Å². The minimum Gasteiger partial charge on any atom is -0.304 e. The summed E-state index contributed by atoms with van der Waals surface area (Å²) in [5, 5.41) is 0.424. The fraction of sp³-hybridized carbons (Fsp3) is 0.304. The molecule has 0 radical (unpaired) electrons. The van der Waals surface area contributed by atoms with Crippen LogP contribution in [0.4, 0.5) is 4.79 Å². The number of amides is 2. The zero-order valence-electron chi connectivity index (χ0n) is 16.8. The smallest absolute Gasteiger partial charge is 0.293 e. The molecule has 4 rings (SSSR count). The van der Waals surface area contributed by atoms with Gasteiger partial charge in [0, 0.05) is 37.7 Å². The lowest BCUT2D eigenvalue weighted by Crippen LogP contribution is -2.49. The molecule has 0 spiro atoms. The second-order valence-corrected chi connectivity index (χ2v) is 9.04. The van der Waals surface area contributed by atoms with Gasteiger partial charge in [-0.3, -0.25) is 19.4 Å². The summed E-state index contributed by atoms with van der Waals surface area (Å²) in [6.07, 6.45) is 1.76. The summed E-state index contributed by atoms with van der Waals surface area (Å²) in [4.78, 5) is 32.3. The number of piperazine rings is 1. The molecule has 30 heavy (non-hydrogen) atoms. The van der Waals surface area contributed by atoms with Crippen molar-refractivity contribution in [3.8, 4) is 0 Å². The summed E-state index contributed by atoms with van der Waals surface area (Å²) >= 11 is 6.94. The first-order valence-corrected chi connectivity index (χ1v) is 11.2. The highest BCUT2D eigenvalue weighted by Crippen LogP contribution is 2.35. The van der Waals surface area contributed by atoms with Crippen LogP contribution in [0.2, 0.25) is 5.02 Å². The number of carbonyl (C=O) groups is 2. The molecule has 7 heteroatoms. The Bertz CT molecular complexity index is 941. The Morgan fingerprint density at radius 2 is 1.67 bits per heavy atom. The normalized spacial score (nSPS) is 20.9. The van der Waals surface area contributed by atoms with Crippen molar-refractivity contribution in [1.82, 2.24) is 14.7 Å². The van der Waals surface area contributed by atoms with E-state index in [1.807, 2.05) is 30.3 Å². The lowest BCUT2D eigenvalue weighted by molar-refractivity contribution is -0.123. The maximum Gasteiger partial charge on any atom is 0.293 e. The van der Waals surface area contributed by atoms with Gasteiger partial charge >= 0.3 is 0 Å². The summed E-state index contributed by atoms with van der Waals surface area (Å²) in [6, 6.07) is 17.4. The van der Waals surface area contributed by atoms with Crippen molar-refractivity contribution in [1.29, 1.82) is 0 Å². The van der Waals surface area contributed by atoms with Crippen molar-refractivity contribution in [3.05, 3.63) is 75.7 Å². The maximum atomic E-state index is 13.1. The molecule has 2 saturated heterocycles. The molecule has 0 aromatic heterocycles. The number of hydrogen-bond donors (Lipinski definition) is 0. The van der Waals surface area contributed by atoms with E-state index in [-0.39, 0.29) is 17.2 Å². The van der Waals surface area contributed by atoms with Crippen LogP contribution in [0.15, 0.2) is 59.5 Å². The molecule has 2 amide bonds. The van der Waals surface area contributed by atoms with E-state index in [4.69, 9.17) is 11.6 Å². The van der Waals surface area contributed by atoms with Crippen molar-refractivity contribution in [2.45, 2.75) is 6.04 Å². The lowest BCUT2D eigenvalue weighted by atomic mass is 10.0. The molecule has 2 fully saturated rings. The van der Waals surface area contributed by atoms with E-state index in [9.17, 15) is 9.59 Å². The lowest BCUT2D eigenvalue weighted by Gasteiger charge is -2.39. The number of halogens is 1. The van der Waals surface area contributed by atoms with Gasteiger partial charge in [-0.15, -0.1) is 0 Å². The molecular formula is C23H24ClN3O2S. The average molecular weight is 442 g/mol. The van der Waals surface area contributed by atoms with E-state index >= 15 is 0 Å². The van der Waals surface area contributed by atoms with E-state index in [1.165, 1.54) is 4.90 Å². The molecule has 2 aromatic carbocycles. The van der Waals surface area contributed by atoms with Crippen LogP contribution in [0.25, 0.3) is 6.08 Å². The molecule has 0 aliphatic carbocycles. The first-order valence-electron chi connectivity index (χ1n) is 10.00. The molecule has 1 atom stereocenters. The van der Waals surface area contributed by atoms with Gasteiger partial charge in [-0.1, -0.05) is 54.1 Å². The van der Waals surface area contributed by atoms with E-state index in [1.54, 1.807) is 18.2 Å². The number of likely N-dealkylation sites (N-methyl/N-ethyl adjacent to an activating group) is 1. The largest absolute Gasteiger partial charge is 0.304 e. The molecule has 0 N–H and O–H groups in total. The van der Waals surface area contributed by atoms with Crippen LogP contribution in [0.5, 0.6) is 0 Å². The Labute approximate surface area is 186 Å². The van der Waals surface area contributed by atoms with Gasteiger partial charge in [0.1, 0.15) is 0 Å². The maximum absolute atomic E-state index is 13.1.